The maximum atomic E-state index is 12.5. The van der Waals surface area contributed by atoms with Gasteiger partial charge in [0.25, 0.3) is 5.91 Å². The van der Waals surface area contributed by atoms with Crippen LogP contribution in [0.1, 0.15) is 39.5 Å². The molecule has 1 amide bonds. The lowest BCUT2D eigenvalue weighted by Gasteiger charge is -2.32. The van der Waals surface area contributed by atoms with E-state index in [9.17, 15) is 9.90 Å². The first kappa shape index (κ1) is 18.5. The smallest absolute Gasteiger partial charge is 0.270 e. The Morgan fingerprint density at radius 1 is 1.46 bits per heavy atom. The summed E-state index contributed by atoms with van der Waals surface area (Å²) in [6.07, 6.45) is 1.88. The van der Waals surface area contributed by atoms with Crippen LogP contribution in [0.2, 0.25) is 0 Å². The van der Waals surface area contributed by atoms with Gasteiger partial charge in [0.2, 0.25) is 0 Å². The maximum absolute atomic E-state index is 12.5. The van der Waals surface area contributed by atoms with Gasteiger partial charge in [0, 0.05) is 18.4 Å². The number of aliphatic hydroxyl groups excluding tert-OH is 1. The molecule has 2 aromatic rings. The maximum Gasteiger partial charge on any atom is 0.270 e. The minimum Gasteiger partial charge on any atom is -0.392 e. The second-order valence-electron chi connectivity index (χ2n) is 6.30. The summed E-state index contributed by atoms with van der Waals surface area (Å²) in [7, 11) is 0. The van der Waals surface area contributed by atoms with Gasteiger partial charge in [-0.1, -0.05) is 5.16 Å². The number of hydrogen-bond donors (Lipinski definition) is 2. The minimum atomic E-state index is -0.293. The number of ether oxygens (including phenoxy) is 2. The van der Waals surface area contributed by atoms with Gasteiger partial charge in [-0.3, -0.25) is 9.78 Å². The van der Waals surface area contributed by atoms with Crippen LogP contribution in [0.25, 0.3) is 0 Å². The lowest BCUT2D eigenvalue weighted by atomic mass is 10.1. The molecule has 0 aromatic carbocycles. The largest absolute Gasteiger partial charge is 0.392 e. The number of aromatic nitrogens is 2. The van der Waals surface area contributed by atoms with Crippen molar-refractivity contribution in [3.63, 3.8) is 0 Å². The van der Waals surface area contributed by atoms with Crippen molar-refractivity contribution in [2.45, 2.75) is 45.6 Å². The van der Waals surface area contributed by atoms with Gasteiger partial charge in [0.1, 0.15) is 17.6 Å². The molecule has 3 heterocycles. The number of carbonyl (C=O) groups is 1. The molecule has 1 saturated heterocycles. The van der Waals surface area contributed by atoms with E-state index in [1.807, 2.05) is 13.8 Å². The van der Waals surface area contributed by atoms with Crippen molar-refractivity contribution in [1.29, 1.82) is 0 Å². The van der Waals surface area contributed by atoms with Gasteiger partial charge in [-0.05, 0) is 38.0 Å². The van der Waals surface area contributed by atoms with Gasteiger partial charge < -0.3 is 24.4 Å². The lowest BCUT2D eigenvalue weighted by Crippen LogP contribution is -2.50. The number of nitrogens with one attached hydrogen (secondary N) is 1. The standard InChI is InChI=1S/C18H23N3O5/c1-11-14(12(2)26-21-11)9-25-17-10-24-6-4-15(17)20-18(23)16-7-13(8-22)3-5-19-16/h3,5,7,15,17,22H,4,6,8-10H2,1-2H3,(H,20,23)/t15-,17-/m1/s1. The van der Waals surface area contributed by atoms with Gasteiger partial charge in [0.15, 0.2) is 0 Å². The summed E-state index contributed by atoms with van der Waals surface area (Å²) in [5.74, 6) is 0.433. The fourth-order valence-corrected chi connectivity index (χ4v) is 2.88. The summed E-state index contributed by atoms with van der Waals surface area (Å²) in [4.78, 5) is 16.6. The molecule has 1 aliphatic rings. The van der Waals surface area contributed by atoms with Crippen LogP contribution in [0.15, 0.2) is 22.9 Å². The van der Waals surface area contributed by atoms with Crippen LogP contribution in [0, 0.1) is 13.8 Å². The van der Waals surface area contributed by atoms with E-state index in [1.165, 1.54) is 6.20 Å². The first-order valence-corrected chi connectivity index (χ1v) is 8.56. The fraction of sp³-hybridized carbons (Fsp3) is 0.500. The van der Waals surface area contributed by atoms with E-state index in [0.717, 1.165) is 17.0 Å². The number of aryl methyl sites for hydroxylation is 2. The molecule has 8 heteroatoms. The van der Waals surface area contributed by atoms with Crippen molar-refractivity contribution in [3.05, 3.63) is 46.6 Å². The lowest BCUT2D eigenvalue weighted by molar-refractivity contribution is -0.0739. The molecule has 0 bridgehead atoms. The van der Waals surface area contributed by atoms with E-state index in [4.69, 9.17) is 14.0 Å². The molecular formula is C18H23N3O5. The van der Waals surface area contributed by atoms with Crippen LogP contribution in [-0.4, -0.2) is 46.5 Å². The van der Waals surface area contributed by atoms with Crippen molar-refractivity contribution in [2.24, 2.45) is 0 Å². The van der Waals surface area contributed by atoms with E-state index >= 15 is 0 Å². The molecule has 26 heavy (non-hydrogen) atoms. The van der Waals surface area contributed by atoms with E-state index in [0.29, 0.717) is 31.8 Å². The summed E-state index contributed by atoms with van der Waals surface area (Å²) in [6, 6.07) is 3.06. The summed E-state index contributed by atoms with van der Waals surface area (Å²) < 4.78 is 16.6. The van der Waals surface area contributed by atoms with Gasteiger partial charge in [-0.15, -0.1) is 0 Å². The van der Waals surface area contributed by atoms with Crippen molar-refractivity contribution in [3.8, 4) is 0 Å². The second kappa shape index (κ2) is 8.39. The Kier molecular flexibility index (Phi) is 5.97. The molecule has 2 aromatic heterocycles. The Balaban J connectivity index is 1.64. The summed E-state index contributed by atoms with van der Waals surface area (Å²) in [5, 5.41) is 16.1. The van der Waals surface area contributed by atoms with Gasteiger partial charge in [0.05, 0.1) is 31.6 Å². The Morgan fingerprint density at radius 2 is 2.31 bits per heavy atom. The number of aliphatic hydroxyl groups is 1. The molecule has 1 aliphatic heterocycles. The molecule has 0 saturated carbocycles. The van der Waals surface area contributed by atoms with Gasteiger partial charge in [-0.2, -0.15) is 0 Å². The molecule has 0 unspecified atom stereocenters. The van der Waals surface area contributed by atoms with Crippen molar-refractivity contribution in [1.82, 2.24) is 15.5 Å². The molecule has 0 spiro atoms. The van der Waals surface area contributed by atoms with Crippen LogP contribution in [0.3, 0.4) is 0 Å². The zero-order valence-electron chi connectivity index (χ0n) is 14.9. The van der Waals surface area contributed by atoms with Crippen LogP contribution in [-0.2, 0) is 22.7 Å². The topological polar surface area (TPSA) is 107 Å². The first-order valence-electron chi connectivity index (χ1n) is 8.56. The minimum absolute atomic E-state index is 0.136. The zero-order chi connectivity index (χ0) is 18.5. The molecule has 1 fully saturated rings. The van der Waals surface area contributed by atoms with Crippen molar-refractivity contribution >= 4 is 5.91 Å². The Bertz CT molecular complexity index is 742. The molecule has 140 valence electrons. The third-order valence-electron chi connectivity index (χ3n) is 4.48. The van der Waals surface area contributed by atoms with E-state index < -0.39 is 0 Å². The number of pyridine rings is 1. The summed E-state index contributed by atoms with van der Waals surface area (Å²) >= 11 is 0. The number of hydrogen-bond acceptors (Lipinski definition) is 7. The number of rotatable bonds is 6. The molecule has 2 atom stereocenters. The number of carbonyl (C=O) groups excluding carboxylic acids is 1. The van der Waals surface area contributed by atoms with Crippen molar-refractivity contribution < 1.29 is 23.9 Å². The third-order valence-corrected chi connectivity index (χ3v) is 4.48. The highest BCUT2D eigenvalue weighted by Gasteiger charge is 2.29. The molecule has 8 nitrogen and oxygen atoms in total. The van der Waals surface area contributed by atoms with Crippen molar-refractivity contribution in [2.75, 3.05) is 13.2 Å². The quantitative estimate of drug-likeness (QED) is 0.798. The second-order valence-corrected chi connectivity index (χ2v) is 6.30. The monoisotopic (exact) mass is 361 g/mol. The molecule has 3 rings (SSSR count). The first-order chi connectivity index (χ1) is 12.6. The molecule has 0 aliphatic carbocycles. The molecule has 2 N–H and O–H groups in total. The van der Waals surface area contributed by atoms with E-state index in [2.05, 4.69) is 15.5 Å². The summed E-state index contributed by atoms with van der Waals surface area (Å²) in [6.45, 7) is 4.88. The average Bonchev–Trinajstić information content (AvgIpc) is 2.99. The van der Waals surface area contributed by atoms with Crippen LogP contribution < -0.4 is 5.32 Å². The highest BCUT2D eigenvalue weighted by atomic mass is 16.5. The highest BCUT2D eigenvalue weighted by molar-refractivity contribution is 5.92. The number of amides is 1. The molecule has 0 radical (unpaired) electrons. The Labute approximate surface area is 151 Å². The van der Waals surface area contributed by atoms with Crippen LogP contribution in [0.5, 0.6) is 0 Å². The highest BCUT2D eigenvalue weighted by Crippen LogP contribution is 2.18. The fourth-order valence-electron chi connectivity index (χ4n) is 2.88. The van der Waals surface area contributed by atoms with Gasteiger partial charge in [-0.25, -0.2) is 0 Å². The predicted octanol–water partition coefficient (Wildman–Crippen LogP) is 1.28. The zero-order valence-corrected chi connectivity index (χ0v) is 14.9. The molecular weight excluding hydrogens is 338 g/mol. The van der Waals surface area contributed by atoms with E-state index in [1.54, 1.807) is 12.1 Å². The van der Waals surface area contributed by atoms with Gasteiger partial charge >= 0.3 is 0 Å². The summed E-state index contributed by atoms with van der Waals surface area (Å²) in [5.41, 5.74) is 2.62. The van der Waals surface area contributed by atoms with Crippen LogP contribution in [0.4, 0.5) is 0 Å². The SMILES string of the molecule is Cc1noc(C)c1CO[C@@H]1COCC[C@H]1NC(=O)c1cc(CO)ccn1. The predicted molar refractivity (Wildman–Crippen MR) is 91.4 cm³/mol. The normalized spacial score (nSPS) is 20.1. The number of nitrogens with zero attached hydrogens (tertiary/aromatic N) is 2. The van der Waals surface area contributed by atoms with Crippen LogP contribution >= 0.6 is 0 Å². The average molecular weight is 361 g/mol. The Hall–Kier alpha value is -2.29. The Morgan fingerprint density at radius 3 is 3.04 bits per heavy atom. The third kappa shape index (κ3) is 4.27. The van der Waals surface area contributed by atoms with E-state index in [-0.39, 0.29) is 30.4 Å².